The van der Waals surface area contributed by atoms with E-state index >= 15 is 0 Å². The average molecular weight is 445 g/mol. The molecule has 0 saturated carbocycles. The molecular weight excluding hydrogens is 412 g/mol. The number of hydrogen-bond donors (Lipinski definition) is 1. The van der Waals surface area contributed by atoms with Gasteiger partial charge in [-0.05, 0) is 61.9 Å². The molecule has 4 rings (SSSR count). The molecule has 1 N–H and O–H groups in total. The van der Waals surface area contributed by atoms with Gasteiger partial charge in [0.05, 0.1) is 0 Å². The molecule has 1 fully saturated rings. The third kappa shape index (κ3) is 5.71. The SMILES string of the molecule is Cc1cc(C(=O)NCc2ccccc2N2CCN(C)CC2)cc(C)c1OCc1cccnc1. The second-order valence-electron chi connectivity index (χ2n) is 8.69. The summed E-state index contributed by atoms with van der Waals surface area (Å²) in [5.41, 5.74) is 5.90. The third-order valence-electron chi connectivity index (χ3n) is 6.10. The lowest BCUT2D eigenvalue weighted by Gasteiger charge is -2.35. The Morgan fingerprint density at radius 3 is 2.45 bits per heavy atom. The zero-order chi connectivity index (χ0) is 23.2. The molecule has 6 nitrogen and oxygen atoms in total. The second-order valence-corrected chi connectivity index (χ2v) is 8.69. The number of para-hydroxylation sites is 1. The zero-order valence-corrected chi connectivity index (χ0v) is 19.7. The van der Waals surface area contributed by atoms with E-state index in [0.717, 1.165) is 54.2 Å². The van der Waals surface area contributed by atoms with Crippen molar-refractivity contribution >= 4 is 11.6 Å². The van der Waals surface area contributed by atoms with E-state index in [1.54, 1.807) is 12.4 Å². The summed E-state index contributed by atoms with van der Waals surface area (Å²) in [5, 5.41) is 3.11. The largest absolute Gasteiger partial charge is 0.488 e. The Labute approximate surface area is 196 Å². The summed E-state index contributed by atoms with van der Waals surface area (Å²) in [6, 6.07) is 16.0. The predicted molar refractivity (Wildman–Crippen MR) is 132 cm³/mol. The average Bonchev–Trinajstić information content (AvgIpc) is 2.83. The van der Waals surface area contributed by atoms with Gasteiger partial charge < -0.3 is 19.9 Å². The number of benzene rings is 2. The van der Waals surface area contributed by atoms with Gasteiger partial charge in [-0.3, -0.25) is 9.78 Å². The molecule has 6 heteroatoms. The summed E-state index contributed by atoms with van der Waals surface area (Å²) in [7, 11) is 2.16. The van der Waals surface area contributed by atoms with E-state index in [0.29, 0.717) is 18.7 Å². The lowest BCUT2D eigenvalue weighted by Crippen LogP contribution is -2.45. The fourth-order valence-electron chi connectivity index (χ4n) is 4.24. The highest BCUT2D eigenvalue weighted by Crippen LogP contribution is 2.26. The smallest absolute Gasteiger partial charge is 0.251 e. The van der Waals surface area contributed by atoms with E-state index in [2.05, 4.69) is 45.3 Å². The van der Waals surface area contributed by atoms with Gasteiger partial charge >= 0.3 is 0 Å². The van der Waals surface area contributed by atoms with Gasteiger partial charge in [-0.25, -0.2) is 0 Å². The summed E-state index contributed by atoms with van der Waals surface area (Å²) >= 11 is 0. The number of amides is 1. The number of carbonyl (C=O) groups excluding carboxylic acids is 1. The number of rotatable bonds is 7. The molecule has 1 aliphatic rings. The molecule has 0 atom stereocenters. The fourth-order valence-corrected chi connectivity index (χ4v) is 4.24. The van der Waals surface area contributed by atoms with Crippen molar-refractivity contribution in [2.45, 2.75) is 27.0 Å². The molecule has 3 aromatic rings. The predicted octanol–water partition coefficient (Wildman–Crippen LogP) is 3.96. The van der Waals surface area contributed by atoms with Gasteiger partial charge in [-0.2, -0.15) is 0 Å². The number of nitrogens with one attached hydrogen (secondary N) is 1. The maximum absolute atomic E-state index is 13.0. The number of ether oxygens (including phenoxy) is 1. The number of nitrogens with zero attached hydrogens (tertiary/aromatic N) is 3. The Balaban J connectivity index is 1.41. The van der Waals surface area contributed by atoms with Crippen molar-refractivity contribution in [3.63, 3.8) is 0 Å². The quantitative estimate of drug-likeness (QED) is 0.598. The van der Waals surface area contributed by atoms with E-state index < -0.39 is 0 Å². The molecule has 33 heavy (non-hydrogen) atoms. The first-order valence-corrected chi connectivity index (χ1v) is 11.4. The zero-order valence-electron chi connectivity index (χ0n) is 19.7. The maximum Gasteiger partial charge on any atom is 0.251 e. The van der Waals surface area contributed by atoms with Crippen molar-refractivity contribution in [1.29, 1.82) is 0 Å². The number of anilines is 1. The number of likely N-dealkylation sites (N-methyl/N-ethyl adjacent to an activating group) is 1. The molecule has 0 bridgehead atoms. The number of piperazine rings is 1. The van der Waals surface area contributed by atoms with Gasteiger partial charge in [0.25, 0.3) is 5.91 Å². The highest BCUT2D eigenvalue weighted by Gasteiger charge is 2.18. The van der Waals surface area contributed by atoms with Crippen LogP contribution in [0.25, 0.3) is 0 Å². The summed E-state index contributed by atoms with van der Waals surface area (Å²) in [4.78, 5) is 21.8. The van der Waals surface area contributed by atoms with Crippen LogP contribution in [0.5, 0.6) is 5.75 Å². The molecule has 0 spiro atoms. The van der Waals surface area contributed by atoms with Crippen molar-refractivity contribution in [2.24, 2.45) is 0 Å². The molecule has 1 aromatic heterocycles. The van der Waals surface area contributed by atoms with Crippen LogP contribution in [0, 0.1) is 13.8 Å². The van der Waals surface area contributed by atoms with E-state index in [9.17, 15) is 4.79 Å². The van der Waals surface area contributed by atoms with E-state index in [4.69, 9.17) is 4.74 Å². The minimum absolute atomic E-state index is 0.0758. The highest BCUT2D eigenvalue weighted by molar-refractivity contribution is 5.95. The minimum Gasteiger partial charge on any atom is -0.488 e. The molecule has 0 aliphatic carbocycles. The Hall–Kier alpha value is -3.38. The van der Waals surface area contributed by atoms with Crippen LogP contribution in [0.1, 0.15) is 32.6 Å². The second kappa shape index (κ2) is 10.5. The number of hydrogen-bond acceptors (Lipinski definition) is 5. The van der Waals surface area contributed by atoms with E-state index in [-0.39, 0.29) is 5.91 Å². The molecule has 1 amide bonds. The van der Waals surface area contributed by atoms with Crippen LogP contribution in [-0.2, 0) is 13.2 Å². The number of pyridine rings is 1. The van der Waals surface area contributed by atoms with Crippen molar-refractivity contribution in [3.8, 4) is 5.75 Å². The van der Waals surface area contributed by atoms with Crippen LogP contribution < -0.4 is 15.0 Å². The van der Waals surface area contributed by atoms with Crippen LogP contribution >= 0.6 is 0 Å². The molecule has 172 valence electrons. The lowest BCUT2D eigenvalue weighted by atomic mass is 10.0. The van der Waals surface area contributed by atoms with Gasteiger partial charge in [0, 0.05) is 61.9 Å². The normalized spacial score (nSPS) is 14.2. The first-order valence-electron chi connectivity index (χ1n) is 11.4. The number of aromatic nitrogens is 1. The summed E-state index contributed by atoms with van der Waals surface area (Å²) in [5.74, 6) is 0.740. The van der Waals surface area contributed by atoms with E-state index in [1.807, 2.05) is 44.2 Å². The monoisotopic (exact) mass is 444 g/mol. The minimum atomic E-state index is -0.0758. The Morgan fingerprint density at radius 2 is 1.76 bits per heavy atom. The molecule has 1 saturated heterocycles. The van der Waals surface area contributed by atoms with Crippen LogP contribution in [0.4, 0.5) is 5.69 Å². The molecule has 0 unspecified atom stereocenters. The molecular formula is C27H32N4O2. The first kappa shape index (κ1) is 22.8. The Bertz CT molecular complexity index is 1070. The van der Waals surface area contributed by atoms with Gasteiger partial charge in [-0.1, -0.05) is 24.3 Å². The van der Waals surface area contributed by atoms with Crippen molar-refractivity contribution < 1.29 is 9.53 Å². The Morgan fingerprint density at radius 1 is 1.03 bits per heavy atom. The van der Waals surface area contributed by atoms with Crippen molar-refractivity contribution in [3.05, 3.63) is 88.7 Å². The molecule has 2 aromatic carbocycles. The van der Waals surface area contributed by atoms with Crippen LogP contribution in [0.3, 0.4) is 0 Å². The molecule has 1 aliphatic heterocycles. The number of aryl methyl sites for hydroxylation is 2. The molecule has 2 heterocycles. The van der Waals surface area contributed by atoms with Crippen molar-refractivity contribution in [1.82, 2.24) is 15.2 Å². The van der Waals surface area contributed by atoms with Crippen molar-refractivity contribution in [2.75, 3.05) is 38.1 Å². The summed E-state index contributed by atoms with van der Waals surface area (Å²) in [6.07, 6.45) is 3.55. The topological polar surface area (TPSA) is 57.7 Å². The first-order chi connectivity index (χ1) is 16.0. The Kier molecular flexibility index (Phi) is 7.25. The van der Waals surface area contributed by atoms with Gasteiger partial charge in [0.2, 0.25) is 0 Å². The third-order valence-corrected chi connectivity index (χ3v) is 6.10. The van der Waals surface area contributed by atoms with Gasteiger partial charge in [-0.15, -0.1) is 0 Å². The summed E-state index contributed by atoms with van der Waals surface area (Å²) < 4.78 is 6.03. The van der Waals surface area contributed by atoms with Gasteiger partial charge in [0.1, 0.15) is 12.4 Å². The van der Waals surface area contributed by atoms with Crippen LogP contribution in [0.15, 0.2) is 60.9 Å². The molecule has 0 radical (unpaired) electrons. The summed E-state index contributed by atoms with van der Waals surface area (Å²) in [6.45, 7) is 9.00. The highest BCUT2D eigenvalue weighted by atomic mass is 16.5. The standard InChI is InChI=1S/C27H32N4O2/c1-20-15-24(16-21(2)26(20)33-19-22-7-6-10-28-17-22)27(32)29-18-23-8-4-5-9-25(23)31-13-11-30(3)12-14-31/h4-10,15-17H,11-14,18-19H2,1-3H3,(H,29,32). The maximum atomic E-state index is 13.0. The number of carbonyl (C=O) groups is 1. The van der Waals surface area contributed by atoms with Gasteiger partial charge in [0.15, 0.2) is 0 Å². The van der Waals surface area contributed by atoms with Crippen LogP contribution in [0.2, 0.25) is 0 Å². The fraction of sp³-hybridized carbons (Fsp3) is 0.333. The lowest BCUT2D eigenvalue weighted by molar-refractivity contribution is 0.0950. The van der Waals surface area contributed by atoms with Crippen LogP contribution in [-0.4, -0.2) is 49.0 Å². The van der Waals surface area contributed by atoms with E-state index in [1.165, 1.54) is 5.69 Å².